The normalized spacial score (nSPS) is 10.3. The second-order valence-electron chi connectivity index (χ2n) is 3.85. The maximum absolute atomic E-state index is 11.0. The first kappa shape index (κ1) is 14.5. The van der Waals surface area contributed by atoms with E-state index in [2.05, 4.69) is 6.92 Å². The van der Waals surface area contributed by atoms with Crippen LogP contribution >= 0.6 is 0 Å². The summed E-state index contributed by atoms with van der Waals surface area (Å²) in [6, 6.07) is 0. The molecule has 0 N–H and O–H groups in total. The molecule has 0 aliphatic carbocycles. The fraction of sp³-hybridized carbons (Fsp3) is 0.846. The van der Waals surface area contributed by atoms with Crippen molar-refractivity contribution in [2.75, 3.05) is 6.61 Å². The number of ether oxygens (including phenoxy) is 1. The van der Waals surface area contributed by atoms with Gasteiger partial charge in [-0.15, -0.1) is 0 Å². The van der Waals surface area contributed by atoms with Gasteiger partial charge in [0.15, 0.2) is 0 Å². The van der Waals surface area contributed by atoms with E-state index in [9.17, 15) is 4.79 Å². The van der Waals surface area contributed by atoms with E-state index in [4.69, 9.17) is 4.74 Å². The third kappa shape index (κ3) is 11.4. The van der Waals surface area contributed by atoms with Crippen molar-refractivity contribution >= 4 is 5.97 Å². The van der Waals surface area contributed by atoms with Crippen LogP contribution in [-0.4, -0.2) is 12.6 Å². The average molecular weight is 213 g/mol. The quantitative estimate of drug-likeness (QED) is 0.406. The largest absolute Gasteiger partial charge is 0.466 e. The molecule has 0 unspecified atom stereocenters. The zero-order valence-electron chi connectivity index (χ0n) is 10.3. The summed E-state index contributed by atoms with van der Waals surface area (Å²) in [6.45, 7) is 4.56. The van der Waals surface area contributed by atoms with Crippen LogP contribution in [0.25, 0.3) is 0 Å². The van der Waals surface area contributed by atoms with E-state index in [1.165, 1.54) is 38.5 Å². The molecule has 0 heterocycles. The topological polar surface area (TPSA) is 26.3 Å². The summed E-state index contributed by atoms with van der Waals surface area (Å²) in [5.41, 5.74) is 0. The number of hydrogen-bond donors (Lipinski definition) is 0. The van der Waals surface area contributed by atoms with E-state index >= 15 is 0 Å². The molecule has 0 aliphatic rings. The molecule has 0 fully saturated rings. The van der Waals surface area contributed by atoms with Gasteiger partial charge in [-0.25, -0.2) is 0 Å². The first-order valence-corrected chi connectivity index (χ1v) is 6.28. The summed E-state index contributed by atoms with van der Waals surface area (Å²) >= 11 is 0. The van der Waals surface area contributed by atoms with Crippen molar-refractivity contribution in [3.63, 3.8) is 0 Å². The lowest BCUT2D eigenvalue weighted by molar-refractivity contribution is -0.142. The summed E-state index contributed by atoms with van der Waals surface area (Å²) < 4.78 is 4.83. The summed E-state index contributed by atoms with van der Waals surface area (Å²) in [4.78, 5) is 11.0. The Morgan fingerprint density at radius 1 is 1.07 bits per heavy atom. The summed E-state index contributed by atoms with van der Waals surface area (Å²) in [6.07, 6.45) is 11.4. The monoisotopic (exact) mass is 213 g/mol. The van der Waals surface area contributed by atoms with Crippen molar-refractivity contribution in [2.45, 2.75) is 65.2 Å². The van der Waals surface area contributed by atoms with Gasteiger partial charge in [-0.3, -0.25) is 4.79 Å². The molecule has 15 heavy (non-hydrogen) atoms. The van der Waals surface area contributed by atoms with Gasteiger partial charge in [0.25, 0.3) is 0 Å². The maximum Gasteiger partial charge on any atom is 0.306 e. The van der Waals surface area contributed by atoms with Crippen LogP contribution in [0.3, 0.4) is 0 Å². The molecule has 0 saturated carbocycles. The number of esters is 1. The molecule has 0 aromatic rings. The van der Waals surface area contributed by atoms with Gasteiger partial charge in [-0.05, 0) is 19.8 Å². The zero-order chi connectivity index (χ0) is 11.4. The van der Waals surface area contributed by atoms with E-state index in [1.54, 1.807) is 0 Å². The SMILES string of the molecule is CCCCCCCC[CH]CC(=O)OCC. The fourth-order valence-electron chi connectivity index (χ4n) is 1.51. The van der Waals surface area contributed by atoms with E-state index in [0.717, 1.165) is 6.42 Å². The number of carbonyl (C=O) groups excluding carboxylic acids is 1. The van der Waals surface area contributed by atoms with Gasteiger partial charge in [-0.2, -0.15) is 0 Å². The Kier molecular flexibility index (Phi) is 11.1. The summed E-state index contributed by atoms with van der Waals surface area (Å²) in [5.74, 6) is -0.0940. The summed E-state index contributed by atoms with van der Waals surface area (Å²) in [7, 11) is 0. The van der Waals surface area contributed by atoms with Gasteiger partial charge in [0.05, 0.1) is 6.61 Å². The Hall–Kier alpha value is -0.530. The summed E-state index contributed by atoms with van der Waals surface area (Å²) in [5, 5.41) is 0. The molecule has 0 saturated heterocycles. The second kappa shape index (κ2) is 11.5. The van der Waals surface area contributed by atoms with E-state index < -0.39 is 0 Å². The Morgan fingerprint density at radius 3 is 2.40 bits per heavy atom. The highest BCUT2D eigenvalue weighted by atomic mass is 16.5. The molecule has 0 aromatic carbocycles. The van der Waals surface area contributed by atoms with Crippen LogP contribution in [0.2, 0.25) is 0 Å². The van der Waals surface area contributed by atoms with E-state index in [0.29, 0.717) is 13.0 Å². The third-order valence-corrected chi connectivity index (χ3v) is 2.38. The molecule has 0 spiro atoms. The van der Waals surface area contributed by atoms with Crippen LogP contribution < -0.4 is 0 Å². The second-order valence-corrected chi connectivity index (χ2v) is 3.85. The van der Waals surface area contributed by atoms with Gasteiger partial charge >= 0.3 is 5.97 Å². The van der Waals surface area contributed by atoms with E-state index in [1.807, 2.05) is 13.3 Å². The molecule has 0 bridgehead atoms. The minimum Gasteiger partial charge on any atom is -0.466 e. The van der Waals surface area contributed by atoms with Crippen molar-refractivity contribution < 1.29 is 9.53 Å². The Balaban J connectivity index is 3.01. The van der Waals surface area contributed by atoms with Gasteiger partial charge in [0.1, 0.15) is 0 Å². The van der Waals surface area contributed by atoms with Crippen molar-refractivity contribution in [3.8, 4) is 0 Å². The van der Waals surface area contributed by atoms with Crippen molar-refractivity contribution in [1.82, 2.24) is 0 Å². The van der Waals surface area contributed by atoms with Crippen molar-refractivity contribution in [3.05, 3.63) is 6.42 Å². The lowest BCUT2D eigenvalue weighted by atomic mass is 10.1. The average Bonchev–Trinajstić information content (AvgIpc) is 2.22. The van der Waals surface area contributed by atoms with Gasteiger partial charge in [-0.1, -0.05) is 45.4 Å². The van der Waals surface area contributed by atoms with E-state index in [-0.39, 0.29) is 5.97 Å². The molecular formula is C13H25O2. The number of rotatable bonds is 10. The molecule has 2 nitrogen and oxygen atoms in total. The molecule has 1 radical (unpaired) electrons. The fourth-order valence-corrected chi connectivity index (χ4v) is 1.51. The van der Waals surface area contributed by atoms with Crippen LogP contribution in [0.4, 0.5) is 0 Å². The van der Waals surface area contributed by atoms with Gasteiger partial charge < -0.3 is 4.74 Å². The van der Waals surface area contributed by atoms with Crippen LogP contribution in [0, 0.1) is 6.42 Å². The smallest absolute Gasteiger partial charge is 0.306 e. The predicted molar refractivity (Wildman–Crippen MR) is 63.5 cm³/mol. The molecule has 0 amide bonds. The lowest BCUT2D eigenvalue weighted by Gasteiger charge is -2.02. The zero-order valence-corrected chi connectivity index (χ0v) is 10.3. The highest BCUT2D eigenvalue weighted by molar-refractivity contribution is 5.70. The van der Waals surface area contributed by atoms with Crippen LogP contribution in [0.1, 0.15) is 65.2 Å². The Morgan fingerprint density at radius 2 is 1.73 bits per heavy atom. The molecular weight excluding hydrogens is 188 g/mol. The Labute approximate surface area is 94.4 Å². The standard InChI is InChI=1S/C13H25O2/c1-3-5-6-7-8-9-10-11-12-13(14)15-4-2/h11H,3-10,12H2,1-2H3. The minimum absolute atomic E-state index is 0.0940. The van der Waals surface area contributed by atoms with Gasteiger partial charge in [0, 0.05) is 6.42 Å². The Bertz CT molecular complexity index is 143. The van der Waals surface area contributed by atoms with Crippen LogP contribution in [0.15, 0.2) is 0 Å². The number of carbonyl (C=O) groups is 1. The molecule has 0 aliphatic heterocycles. The first-order chi connectivity index (χ1) is 7.31. The highest BCUT2D eigenvalue weighted by Gasteiger charge is 2.00. The molecule has 0 atom stereocenters. The van der Waals surface area contributed by atoms with Crippen molar-refractivity contribution in [2.24, 2.45) is 0 Å². The van der Waals surface area contributed by atoms with Gasteiger partial charge in [0.2, 0.25) is 0 Å². The van der Waals surface area contributed by atoms with Crippen LogP contribution in [0.5, 0.6) is 0 Å². The molecule has 2 heteroatoms. The number of unbranched alkanes of at least 4 members (excludes halogenated alkanes) is 7. The van der Waals surface area contributed by atoms with Crippen LogP contribution in [-0.2, 0) is 9.53 Å². The highest BCUT2D eigenvalue weighted by Crippen LogP contribution is 2.09. The predicted octanol–water partition coefficient (Wildman–Crippen LogP) is 3.89. The maximum atomic E-state index is 11.0. The first-order valence-electron chi connectivity index (χ1n) is 6.28. The molecule has 0 rings (SSSR count). The molecule has 0 aromatic heterocycles. The minimum atomic E-state index is -0.0940. The lowest BCUT2D eigenvalue weighted by Crippen LogP contribution is -2.03. The number of hydrogen-bond acceptors (Lipinski definition) is 2. The molecule has 89 valence electrons. The third-order valence-electron chi connectivity index (χ3n) is 2.38. The van der Waals surface area contributed by atoms with Crippen molar-refractivity contribution in [1.29, 1.82) is 0 Å².